The second-order valence-corrected chi connectivity index (χ2v) is 4.58. The normalized spacial score (nSPS) is 12.3. The van der Waals surface area contributed by atoms with Gasteiger partial charge in [-0.3, -0.25) is 0 Å². The first kappa shape index (κ1) is 12.1. The molecule has 0 bridgehead atoms. The highest BCUT2D eigenvalue weighted by atomic mass is 32.2. The van der Waals surface area contributed by atoms with Crippen LogP contribution in [0.3, 0.4) is 0 Å². The van der Waals surface area contributed by atoms with Crippen LogP contribution < -0.4 is 0 Å². The Bertz CT molecular complexity index is 344. The van der Waals surface area contributed by atoms with E-state index in [0.29, 0.717) is 0 Å². The van der Waals surface area contributed by atoms with E-state index in [-0.39, 0.29) is 0 Å². The molecule has 0 radical (unpaired) electrons. The van der Waals surface area contributed by atoms with E-state index in [1.54, 1.807) is 0 Å². The van der Waals surface area contributed by atoms with Crippen LogP contribution in [0.5, 0.6) is 0 Å². The maximum atomic E-state index is 2.25. The summed E-state index contributed by atoms with van der Waals surface area (Å²) in [6, 6.07) is 8.66. The molecule has 0 nitrogen and oxygen atoms in total. The van der Waals surface area contributed by atoms with Gasteiger partial charge in [0.1, 0.15) is 0 Å². The highest BCUT2D eigenvalue weighted by molar-refractivity contribution is 8.03. The molecule has 0 fully saturated rings. The molecule has 1 heteroatoms. The van der Waals surface area contributed by atoms with Gasteiger partial charge in [-0.2, -0.15) is 0 Å². The molecule has 0 saturated carbocycles. The zero-order valence-electron chi connectivity index (χ0n) is 9.66. The lowest BCUT2D eigenvalue weighted by atomic mass is 10.2. The van der Waals surface area contributed by atoms with Gasteiger partial charge in [0.15, 0.2) is 0 Å². The van der Waals surface area contributed by atoms with Crippen molar-refractivity contribution in [3.63, 3.8) is 0 Å². The molecular formula is C14H18S. The Hall–Kier alpha value is -0.950. The minimum atomic E-state index is 1.08. The van der Waals surface area contributed by atoms with E-state index < -0.39 is 0 Å². The predicted octanol–water partition coefficient (Wildman–Crippen LogP) is 4.96. The summed E-state index contributed by atoms with van der Waals surface area (Å²) < 4.78 is 0. The third-order valence-electron chi connectivity index (χ3n) is 1.99. The molecule has 0 amide bonds. The maximum absolute atomic E-state index is 2.25. The maximum Gasteiger partial charge on any atom is 0.0122 e. The van der Waals surface area contributed by atoms with Crippen LogP contribution in [0.25, 0.3) is 0 Å². The monoisotopic (exact) mass is 218 g/mol. The number of aryl methyl sites for hydroxylation is 1. The molecule has 0 aliphatic carbocycles. The highest BCUT2D eigenvalue weighted by Crippen LogP contribution is 2.27. The van der Waals surface area contributed by atoms with Crippen molar-refractivity contribution >= 4 is 11.8 Å². The fourth-order valence-electron chi connectivity index (χ4n) is 1.25. The zero-order valence-corrected chi connectivity index (χ0v) is 10.5. The topological polar surface area (TPSA) is 0 Å². The summed E-state index contributed by atoms with van der Waals surface area (Å²) in [5.74, 6) is 0. The first-order valence-electron chi connectivity index (χ1n) is 5.33. The van der Waals surface area contributed by atoms with Crippen LogP contribution in [0, 0.1) is 6.92 Å². The third kappa shape index (κ3) is 4.39. The van der Waals surface area contributed by atoms with Crippen LogP contribution in [0.2, 0.25) is 0 Å². The molecule has 1 aromatic carbocycles. The first-order valence-corrected chi connectivity index (χ1v) is 6.15. The van der Waals surface area contributed by atoms with Gasteiger partial charge in [-0.15, -0.1) is 0 Å². The molecule has 0 aliphatic heterocycles. The molecule has 1 rings (SSSR count). The quantitative estimate of drug-likeness (QED) is 0.508. The summed E-state index contributed by atoms with van der Waals surface area (Å²) >= 11 is 1.82. The number of hydrogen-bond acceptors (Lipinski definition) is 1. The molecule has 0 spiro atoms. The van der Waals surface area contributed by atoms with Gasteiger partial charge in [0.2, 0.25) is 0 Å². The van der Waals surface area contributed by atoms with Gasteiger partial charge in [-0.05, 0) is 32.4 Å². The number of rotatable bonds is 4. The van der Waals surface area contributed by atoms with Crippen molar-refractivity contribution in [2.75, 3.05) is 0 Å². The summed E-state index contributed by atoms with van der Waals surface area (Å²) in [7, 11) is 0. The molecule has 0 saturated heterocycles. The van der Waals surface area contributed by atoms with Crippen molar-refractivity contribution in [3.8, 4) is 0 Å². The molecule has 0 N–H and O–H groups in total. The van der Waals surface area contributed by atoms with Crippen LogP contribution in [0.15, 0.2) is 52.3 Å². The van der Waals surface area contributed by atoms with Crippen molar-refractivity contribution in [3.05, 3.63) is 53.0 Å². The van der Waals surface area contributed by atoms with Crippen molar-refractivity contribution in [2.24, 2.45) is 0 Å². The lowest BCUT2D eigenvalue weighted by Gasteiger charge is -2.02. The van der Waals surface area contributed by atoms with E-state index in [0.717, 1.165) is 6.42 Å². The highest BCUT2D eigenvalue weighted by Gasteiger charge is 1.96. The lowest BCUT2D eigenvalue weighted by Crippen LogP contribution is -1.75. The molecule has 0 heterocycles. The van der Waals surface area contributed by atoms with Crippen molar-refractivity contribution in [1.29, 1.82) is 0 Å². The standard InChI is InChI=1S/C14H18S/c1-4-6-13(7-5-2)15-14-10-8-12(3)9-11-14/h4,6-11H,5H2,1-3H3/b6-4-,13-7+. The Kier molecular flexibility index (Phi) is 5.27. The van der Waals surface area contributed by atoms with E-state index in [1.165, 1.54) is 15.4 Å². The Balaban J connectivity index is 2.74. The average molecular weight is 218 g/mol. The number of hydrogen-bond donors (Lipinski definition) is 0. The summed E-state index contributed by atoms with van der Waals surface area (Å²) in [5, 5.41) is 0. The predicted molar refractivity (Wildman–Crippen MR) is 70.2 cm³/mol. The molecule has 80 valence electrons. The van der Waals surface area contributed by atoms with Gasteiger partial charge in [0.25, 0.3) is 0 Å². The molecule has 0 atom stereocenters. The Labute approximate surface area is 97.1 Å². The van der Waals surface area contributed by atoms with Crippen LogP contribution in [0.4, 0.5) is 0 Å². The number of benzene rings is 1. The molecule has 15 heavy (non-hydrogen) atoms. The van der Waals surface area contributed by atoms with Crippen LogP contribution >= 0.6 is 11.8 Å². The fourth-order valence-corrected chi connectivity index (χ4v) is 2.25. The van der Waals surface area contributed by atoms with E-state index in [4.69, 9.17) is 0 Å². The molecule has 0 unspecified atom stereocenters. The first-order chi connectivity index (χ1) is 7.26. The molecular weight excluding hydrogens is 200 g/mol. The fraction of sp³-hybridized carbons (Fsp3) is 0.286. The zero-order chi connectivity index (χ0) is 11.1. The molecule has 1 aromatic rings. The minimum absolute atomic E-state index is 1.08. The lowest BCUT2D eigenvalue weighted by molar-refractivity contribution is 1.22. The minimum Gasteiger partial charge on any atom is -0.0905 e. The smallest absolute Gasteiger partial charge is 0.0122 e. The van der Waals surface area contributed by atoms with Crippen LogP contribution in [0.1, 0.15) is 25.8 Å². The summed E-state index contributed by atoms with van der Waals surface area (Å²) in [6.07, 6.45) is 7.58. The van der Waals surface area contributed by atoms with E-state index in [1.807, 2.05) is 11.8 Å². The van der Waals surface area contributed by atoms with Gasteiger partial charge in [0, 0.05) is 9.80 Å². The second-order valence-electron chi connectivity index (χ2n) is 3.43. The Morgan fingerprint density at radius 1 is 1.27 bits per heavy atom. The van der Waals surface area contributed by atoms with Crippen LogP contribution in [-0.4, -0.2) is 0 Å². The van der Waals surface area contributed by atoms with Gasteiger partial charge < -0.3 is 0 Å². The number of thioether (sulfide) groups is 1. The Morgan fingerprint density at radius 3 is 2.47 bits per heavy atom. The summed E-state index contributed by atoms with van der Waals surface area (Å²) in [4.78, 5) is 2.63. The largest absolute Gasteiger partial charge is 0.0905 e. The summed E-state index contributed by atoms with van der Waals surface area (Å²) in [5.41, 5.74) is 1.31. The Morgan fingerprint density at radius 2 is 1.93 bits per heavy atom. The van der Waals surface area contributed by atoms with Crippen LogP contribution in [-0.2, 0) is 0 Å². The van der Waals surface area contributed by atoms with E-state index in [2.05, 4.69) is 63.3 Å². The van der Waals surface area contributed by atoms with Crippen molar-refractivity contribution in [1.82, 2.24) is 0 Å². The molecule has 0 aromatic heterocycles. The van der Waals surface area contributed by atoms with Gasteiger partial charge >= 0.3 is 0 Å². The SMILES string of the molecule is C/C=C\C(=C/CC)Sc1ccc(C)cc1. The summed E-state index contributed by atoms with van der Waals surface area (Å²) in [6.45, 7) is 6.33. The molecule has 0 aliphatic rings. The van der Waals surface area contributed by atoms with Gasteiger partial charge in [-0.1, -0.05) is 54.6 Å². The third-order valence-corrected chi connectivity index (χ3v) is 3.04. The van der Waals surface area contributed by atoms with Crippen molar-refractivity contribution < 1.29 is 0 Å². The van der Waals surface area contributed by atoms with Gasteiger partial charge in [0.05, 0.1) is 0 Å². The second kappa shape index (κ2) is 6.52. The van der Waals surface area contributed by atoms with E-state index in [9.17, 15) is 0 Å². The number of allylic oxidation sites excluding steroid dienone is 3. The van der Waals surface area contributed by atoms with Gasteiger partial charge in [-0.25, -0.2) is 0 Å². The van der Waals surface area contributed by atoms with Crippen molar-refractivity contribution in [2.45, 2.75) is 32.1 Å². The van der Waals surface area contributed by atoms with E-state index >= 15 is 0 Å². The average Bonchev–Trinajstić information content (AvgIpc) is 2.22.